The monoisotopic (exact) mass is 284 g/mol. The van der Waals surface area contributed by atoms with Gasteiger partial charge in [-0.2, -0.15) is 0 Å². The maximum Gasteiger partial charge on any atom is 0.310 e. The Hall–Kier alpha value is -1.10. The number of carboxylic acid groups (broad SMARTS) is 1. The molecule has 0 radical (unpaired) electrons. The highest BCUT2D eigenvalue weighted by molar-refractivity contribution is 5.85. The molecule has 1 saturated carbocycles. The maximum absolute atomic E-state index is 11.9. The maximum atomic E-state index is 11.9. The number of nitrogens with zero attached hydrogens (tertiary/aromatic N) is 1. The fraction of sp³-hybridized carbons (Fsp3) is 0.867. The Bertz CT molecular complexity index is 323. The molecule has 0 heterocycles. The summed E-state index contributed by atoms with van der Waals surface area (Å²) in [5.41, 5.74) is -0.814. The summed E-state index contributed by atoms with van der Waals surface area (Å²) >= 11 is 0. The molecule has 0 unspecified atom stereocenters. The molecule has 2 N–H and O–H groups in total. The van der Waals surface area contributed by atoms with Crippen LogP contribution in [0.25, 0.3) is 0 Å². The molecule has 5 nitrogen and oxygen atoms in total. The van der Waals surface area contributed by atoms with Crippen molar-refractivity contribution < 1.29 is 14.7 Å². The smallest absolute Gasteiger partial charge is 0.310 e. The fourth-order valence-corrected chi connectivity index (χ4v) is 2.85. The normalized spacial score (nSPS) is 17.9. The number of rotatable bonds is 8. The van der Waals surface area contributed by atoms with Crippen molar-refractivity contribution in [2.75, 3.05) is 27.2 Å². The lowest BCUT2D eigenvalue weighted by Gasteiger charge is -2.32. The molecule has 0 saturated heterocycles. The third-order valence-electron chi connectivity index (χ3n) is 4.12. The van der Waals surface area contributed by atoms with Crippen LogP contribution in [0.2, 0.25) is 0 Å². The summed E-state index contributed by atoms with van der Waals surface area (Å²) in [5, 5.41) is 12.3. The Balaban J connectivity index is 2.30. The molecular formula is C15H28N2O3. The minimum Gasteiger partial charge on any atom is -0.481 e. The Kier molecular flexibility index (Phi) is 6.99. The van der Waals surface area contributed by atoms with Crippen molar-refractivity contribution in [1.29, 1.82) is 0 Å². The summed E-state index contributed by atoms with van der Waals surface area (Å²) in [6, 6.07) is 0. The zero-order chi connectivity index (χ0) is 15.0. The van der Waals surface area contributed by atoms with Gasteiger partial charge in [0.05, 0.1) is 5.41 Å². The van der Waals surface area contributed by atoms with Gasteiger partial charge in [-0.05, 0) is 46.3 Å². The van der Waals surface area contributed by atoms with Gasteiger partial charge in [0.1, 0.15) is 0 Å². The molecule has 0 aromatic rings. The summed E-state index contributed by atoms with van der Waals surface area (Å²) in [7, 11) is 4.05. The fourth-order valence-electron chi connectivity index (χ4n) is 2.85. The van der Waals surface area contributed by atoms with Gasteiger partial charge < -0.3 is 15.3 Å². The van der Waals surface area contributed by atoms with Gasteiger partial charge in [-0.25, -0.2) is 0 Å². The molecule has 1 aliphatic rings. The largest absolute Gasteiger partial charge is 0.481 e. The summed E-state index contributed by atoms with van der Waals surface area (Å²) < 4.78 is 0. The third kappa shape index (κ3) is 5.49. The molecule has 0 aliphatic heterocycles. The Morgan fingerprint density at radius 2 is 1.80 bits per heavy atom. The highest BCUT2D eigenvalue weighted by Crippen LogP contribution is 2.39. The number of unbranched alkanes of at least 4 members (excludes halogenated alkanes) is 1. The standard InChI is InChI=1S/C15H28N2O3/c1-17(2)11-7-6-10-16-13(18)12-15(14(19)20)8-4-3-5-9-15/h3-12H2,1-2H3,(H,16,18)(H,19,20). The number of nitrogens with one attached hydrogen (secondary N) is 1. The topological polar surface area (TPSA) is 69.6 Å². The van der Waals surface area contributed by atoms with E-state index in [0.29, 0.717) is 19.4 Å². The molecule has 20 heavy (non-hydrogen) atoms. The molecule has 1 aliphatic carbocycles. The number of carbonyl (C=O) groups excluding carboxylic acids is 1. The van der Waals surface area contributed by atoms with E-state index < -0.39 is 11.4 Å². The molecule has 1 rings (SSSR count). The van der Waals surface area contributed by atoms with Gasteiger partial charge >= 0.3 is 5.97 Å². The SMILES string of the molecule is CN(C)CCCCNC(=O)CC1(C(=O)O)CCCCC1. The zero-order valence-electron chi connectivity index (χ0n) is 12.8. The molecule has 1 amide bonds. The number of amides is 1. The van der Waals surface area contributed by atoms with Crippen LogP contribution in [-0.2, 0) is 9.59 Å². The van der Waals surface area contributed by atoms with E-state index in [1.54, 1.807) is 0 Å². The van der Waals surface area contributed by atoms with Gasteiger partial charge in [0.15, 0.2) is 0 Å². The van der Waals surface area contributed by atoms with Gasteiger partial charge in [0.25, 0.3) is 0 Å². The molecule has 5 heteroatoms. The van der Waals surface area contributed by atoms with Crippen LogP contribution < -0.4 is 5.32 Å². The first-order valence-electron chi connectivity index (χ1n) is 7.61. The van der Waals surface area contributed by atoms with Crippen molar-refractivity contribution in [3.8, 4) is 0 Å². The molecule has 116 valence electrons. The second-order valence-electron chi connectivity index (χ2n) is 6.18. The van der Waals surface area contributed by atoms with Gasteiger partial charge in [0, 0.05) is 13.0 Å². The number of hydrogen-bond acceptors (Lipinski definition) is 3. The summed E-state index contributed by atoms with van der Waals surface area (Å²) in [4.78, 5) is 25.5. The van der Waals surface area contributed by atoms with Crippen molar-refractivity contribution >= 4 is 11.9 Å². The number of hydrogen-bond donors (Lipinski definition) is 2. The summed E-state index contributed by atoms with van der Waals surface area (Å²) in [6.45, 7) is 1.65. The number of carboxylic acids is 1. The van der Waals surface area contributed by atoms with Crippen LogP contribution in [0.15, 0.2) is 0 Å². The summed E-state index contributed by atoms with van der Waals surface area (Å²) in [5.74, 6) is -0.917. The van der Waals surface area contributed by atoms with Crippen LogP contribution in [0.3, 0.4) is 0 Å². The first kappa shape index (κ1) is 17.0. The molecule has 0 spiro atoms. The van der Waals surface area contributed by atoms with E-state index in [1.807, 2.05) is 14.1 Å². The van der Waals surface area contributed by atoms with E-state index in [1.165, 1.54) is 0 Å². The van der Waals surface area contributed by atoms with Crippen LogP contribution in [0, 0.1) is 5.41 Å². The van der Waals surface area contributed by atoms with Crippen LogP contribution in [-0.4, -0.2) is 49.1 Å². The zero-order valence-corrected chi connectivity index (χ0v) is 12.8. The van der Waals surface area contributed by atoms with Crippen LogP contribution in [0.5, 0.6) is 0 Å². The third-order valence-corrected chi connectivity index (χ3v) is 4.12. The van der Waals surface area contributed by atoms with E-state index in [4.69, 9.17) is 0 Å². The first-order chi connectivity index (χ1) is 9.46. The number of carbonyl (C=O) groups is 2. The highest BCUT2D eigenvalue weighted by Gasteiger charge is 2.41. The quantitative estimate of drug-likeness (QED) is 0.668. The van der Waals surface area contributed by atoms with E-state index in [9.17, 15) is 14.7 Å². The lowest BCUT2D eigenvalue weighted by Crippen LogP contribution is -2.39. The molecule has 0 atom stereocenters. The minimum atomic E-state index is -0.814. The summed E-state index contributed by atoms with van der Waals surface area (Å²) in [6.07, 6.45) is 6.30. The molecule has 0 bridgehead atoms. The lowest BCUT2D eigenvalue weighted by molar-refractivity contribution is -0.154. The van der Waals surface area contributed by atoms with Gasteiger partial charge in [0.2, 0.25) is 5.91 Å². The van der Waals surface area contributed by atoms with E-state index in [0.717, 1.165) is 38.6 Å². The predicted molar refractivity (Wildman–Crippen MR) is 78.6 cm³/mol. The average molecular weight is 284 g/mol. The number of aliphatic carboxylic acids is 1. The second kappa shape index (κ2) is 8.25. The van der Waals surface area contributed by atoms with E-state index >= 15 is 0 Å². The Labute approximate surface area is 121 Å². The Morgan fingerprint density at radius 3 is 2.35 bits per heavy atom. The predicted octanol–water partition coefficient (Wildman–Crippen LogP) is 1.87. The van der Waals surface area contributed by atoms with Gasteiger partial charge in [-0.3, -0.25) is 9.59 Å². The van der Waals surface area contributed by atoms with Gasteiger partial charge in [-0.1, -0.05) is 19.3 Å². The van der Waals surface area contributed by atoms with Gasteiger partial charge in [-0.15, -0.1) is 0 Å². The molecule has 0 aromatic heterocycles. The minimum absolute atomic E-state index is 0.112. The first-order valence-corrected chi connectivity index (χ1v) is 7.61. The molecule has 0 aromatic carbocycles. The van der Waals surface area contributed by atoms with Crippen molar-refractivity contribution in [3.63, 3.8) is 0 Å². The van der Waals surface area contributed by atoms with Crippen LogP contribution >= 0.6 is 0 Å². The molecule has 1 fully saturated rings. The van der Waals surface area contributed by atoms with E-state index in [2.05, 4.69) is 10.2 Å². The van der Waals surface area contributed by atoms with Crippen LogP contribution in [0.4, 0.5) is 0 Å². The highest BCUT2D eigenvalue weighted by atomic mass is 16.4. The second-order valence-corrected chi connectivity index (χ2v) is 6.18. The van der Waals surface area contributed by atoms with E-state index in [-0.39, 0.29) is 12.3 Å². The Morgan fingerprint density at radius 1 is 1.15 bits per heavy atom. The lowest BCUT2D eigenvalue weighted by atomic mass is 9.71. The van der Waals surface area contributed by atoms with Crippen molar-refractivity contribution in [2.45, 2.75) is 51.4 Å². The van der Waals surface area contributed by atoms with Crippen LogP contribution in [0.1, 0.15) is 51.4 Å². The molecular weight excluding hydrogens is 256 g/mol. The van der Waals surface area contributed by atoms with Crippen molar-refractivity contribution in [2.24, 2.45) is 5.41 Å². The average Bonchev–Trinajstić information content (AvgIpc) is 2.38. The van der Waals surface area contributed by atoms with Crippen molar-refractivity contribution in [1.82, 2.24) is 10.2 Å². The van der Waals surface area contributed by atoms with Crippen molar-refractivity contribution in [3.05, 3.63) is 0 Å².